The molecule has 2 heterocycles. The molecular formula is C27H30Cl2N4O3. The van der Waals surface area contributed by atoms with Crippen molar-refractivity contribution in [3.8, 4) is 17.3 Å². The summed E-state index contributed by atoms with van der Waals surface area (Å²) in [4.78, 5) is 24.2. The van der Waals surface area contributed by atoms with Gasteiger partial charge in [-0.05, 0) is 49.6 Å². The minimum Gasteiger partial charge on any atom is -0.467 e. The Kier molecular flexibility index (Phi) is 8.34. The zero-order chi connectivity index (χ0) is 25.7. The first-order chi connectivity index (χ1) is 17.3. The van der Waals surface area contributed by atoms with Crippen molar-refractivity contribution in [1.82, 2.24) is 14.9 Å². The molecule has 0 saturated carbocycles. The minimum atomic E-state index is -0.691. The van der Waals surface area contributed by atoms with Crippen molar-refractivity contribution < 1.29 is 14.3 Å². The van der Waals surface area contributed by atoms with Crippen molar-refractivity contribution in [2.24, 2.45) is 0 Å². The summed E-state index contributed by atoms with van der Waals surface area (Å²) < 4.78 is 10.8. The first-order valence-electron chi connectivity index (χ1n) is 11.9. The number of nitrogens with one attached hydrogen (secondary N) is 1. The van der Waals surface area contributed by atoms with Crippen molar-refractivity contribution in [2.75, 3.05) is 45.3 Å². The number of methoxy groups -OCH3 is 1. The highest BCUT2D eigenvalue weighted by molar-refractivity contribution is 6.35. The molecular weight excluding hydrogens is 499 g/mol. The van der Waals surface area contributed by atoms with Crippen LogP contribution >= 0.6 is 23.2 Å². The lowest BCUT2D eigenvalue weighted by molar-refractivity contribution is -0.140. The van der Waals surface area contributed by atoms with E-state index in [1.54, 1.807) is 6.07 Å². The number of ether oxygens (including phenoxy) is 2. The van der Waals surface area contributed by atoms with Crippen molar-refractivity contribution >= 4 is 34.9 Å². The smallest absolute Gasteiger partial charge is 0.318 e. The van der Waals surface area contributed by atoms with Gasteiger partial charge in [-0.25, -0.2) is 0 Å². The highest BCUT2D eigenvalue weighted by Crippen LogP contribution is 2.31. The van der Waals surface area contributed by atoms with E-state index in [9.17, 15) is 4.79 Å². The summed E-state index contributed by atoms with van der Waals surface area (Å²) in [5.74, 6) is 0.724. The van der Waals surface area contributed by atoms with Crippen LogP contribution in [0.1, 0.15) is 25.0 Å². The van der Waals surface area contributed by atoms with E-state index in [0.717, 1.165) is 16.7 Å². The number of carbonyl (C=O) groups excluding carboxylic acids is 1. The summed E-state index contributed by atoms with van der Waals surface area (Å²) in [5.41, 5.74) is 2.80. The second kappa shape index (κ2) is 11.5. The van der Waals surface area contributed by atoms with Crippen molar-refractivity contribution in [3.63, 3.8) is 0 Å². The Morgan fingerprint density at radius 2 is 1.89 bits per heavy atom. The molecule has 36 heavy (non-hydrogen) atoms. The second-order valence-electron chi connectivity index (χ2n) is 9.15. The highest BCUT2D eigenvalue weighted by atomic mass is 35.5. The number of anilines is 1. The van der Waals surface area contributed by atoms with E-state index in [-0.39, 0.29) is 11.9 Å². The molecule has 2 aromatic carbocycles. The number of morpholine rings is 1. The monoisotopic (exact) mass is 528 g/mol. The van der Waals surface area contributed by atoms with Gasteiger partial charge in [0, 0.05) is 41.3 Å². The average Bonchev–Trinajstić information content (AvgIpc) is 2.90. The number of nitrogens with zero attached hydrogens (tertiary/aromatic N) is 3. The molecule has 190 valence electrons. The van der Waals surface area contributed by atoms with E-state index in [0.29, 0.717) is 60.8 Å². The van der Waals surface area contributed by atoms with Gasteiger partial charge in [-0.15, -0.1) is 0 Å². The molecule has 9 heteroatoms. The van der Waals surface area contributed by atoms with Gasteiger partial charge in [0.05, 0.1) is 31.4 Å². The van der Waals surface area contributed by atoms with E-state index < -0.39 is 5.41 Å². The summed E-state index contributed by atoms with van der Waals surface area (Å²) in [6, 6.07) is 15.5. The maximum atomic E-state index is 13.3. The van der Waals surface area contributed by atoms with Gasteiger partial charge in [0.25, 0.3) is 0 Å². The molecule has 0 atom stereocenters. The van der Waals surface area contributed by atoms with Gasteiger partial charge in [-0.2, -0.15) is 9.97 Å². The quantitative estimate of drug-likeness (QED) is 0.430. The number of hydrogen-bond donors (Lipinski definition) is 1. The van der Waals surface area contributed by atoms with Gasteiger partial charge in [-0.3, -0.25) is 4.79 Å². The van der Waals surface area contributed by atoms with Crippen LogP contribution in [0.3, 0.4) is 0 Å². The third-order valence-corrected chi connectivity index (χ3v) is 6.90. The number of carbonyl (C=O) groups is 1. The fourth-order valence-corrected chi connectivity index (χ4v) is 4.66. The standard InChI is InChI=1S/C27H30Cl2N4O3/c1-27(2,25(34)33-11-13-36-14-12-33)20-6-4-5-19(15-20)23-17-24(32-26(31-23)35-3)30-10-9-18-7-8-21(28)16-22(18)29/h4-8,15-17H,9-14H2,1-3H3,(H,30,31,32). The minimum absolute atomic E-state index is 0.0893. The molecule has 1 saturated heterocycles. The number of benzene rings is 2. The van der Waals surface area contributed by atoms with E-state index >= 15 is 0 Å². The van der Waals surface area contributed by atoms with Crippen LogP contribution in [0.5, 0.6) is 6.01 Å². The summed E-state index contributed by atoms with van der Waals surface area (Å²) in [7, 11) is 1.54. The molecule has 0 unspecified atom stereocenters. The predicted molar refractivity (Wildman–Crippen MR) is 143 cm³/mol. The van der Waals surface area contributed by atoms with Crippen LogP contribution in [0, 0.1) is 0 Å². The van der Waals surface area contributed by atoms with E-state index in [1.807, 2.05) is 61.2 Å². The van der Waals surface area contributed by atoms with Crippen LogP contribution in [0.2, 0.25) is 10.0 Å². The summed E-state index contributed by atoms with van der Waals surface area (Å²) in [6.07, 6.45) is 0.699. The average molecular weight is 529 g/mol. The molecule has 0 radical (unpaired) electrons. The lowest BCUT2D eigenvalue weighted by Gasteiger charge is -2.34. The number of halogens is 2. The number of amides is 1. The Morgan fingerprint density at radius 1 is 1.11 bits per heavy atom. The fourth-order valence-electron chi connectivity index (χ4n) is 4.16. The SMILES string of the molecule is COc1nc(NCCc2ccc(Cl)cc2Cl)cc(-c2cccc(C(C)(C)C(=O)N3CCOCC3)c2)n1. The van der Waals surface area contributed by atoms with Gasteiger partial charge in [-0.1, -0.05) is 47.5 Å². The zero-order valence-corrected chi connectivity index (χ0v) is 22.2. The van der Waals surface area contributed by atoms with Crippen LogP contribution in [0.4, 0.5) is 5.82 Å². The third kappa shape index (κ3) is 6.09. The van der Waals surface area contributed by atoms with Crippen molar-refractivity contribution in [1.29, 1.82) is 0 Å². The first kappa shape index (κ1) is 26.2. The molecule has 1 aliphatic heterocycles. The van der Waals surface area contributed by atoms with Gasteiger partial charge < -0.3 is 19.7 Å². The third-order valence-electron chi connectivity index (χ3n) is 6.32. The van der Waals surface area contributed by atoms with Crippen molar-refractivity contribution in [3.05, 3.63) is 69.7 Å². The molecule has 0 spiro atoms. The molecule has 1 aliphatic rings. The molecule has 1 N–H and O–H groups in total. The summed E-state index contributed by atoms with van der Waals surface area (Å²) in [6.45, 7) is 6.90. The molecule has 0 aliphatic carbocycles. The van der Waals surface area contributed by atoms with Gasteiger partial charge in [0.15, 0.2) is 0 Å². The Hall–Kier alpha value is -2.87. The Morgan fingerprint density at radius 3 is 2.61 bits per heavy atom. The van der Waals surface area contributed by atoms with Crippen LogP contribution in [0.15, 0.2) is 48.5 Å². The Bertz CT molecular complexity index is 1230. The van der Waals surface area contributed by atoms with Crippen molar-refractivity contribution in [2.45, 2.75) is 25.7 Å². The van der Waals surface area contributed by atoms with E-state index in [1.165, 1.54) is 7.11 Å². The van der Waals surface area contributed by atoms with E-state index in [2.05, 4.69) is 15.3 Å². The molecule has 0 bridgehead atoms. The lowest BCUT2D eigenvalue weighted by Crippen LogP contribution is -2.48. The topological polar surface area (TPSA) is 76.6 Å². The van der Waals surface area contributed by atoms with Crippen LogP contribution in [-0.2, 0) is 21.4 Å². The highest BCUT2D eigenvalue weighted by Gasteiger charge is 2.34. The maximum Gasteiger partial charge on any atom is 0.318 e. The Labute approximate surface area is 221 Å². The number of rotatable bonds is 8. The van der Waals surface area contributed by atoms with E-state index in [4.69, 9.17) is 32.7 Å². The van der Waals surface area contributed by atoms with Crippen LogP contribution in [0.25, 0.3) is 11.3 Å². The van der Waals surface area contributed by atoms with Gasteiger partial charge in [0.2, 0.25) is 5.91 Å². The molecule has 3 aromatic rings. The number of hydrogen-bond acceptors (Lipinski definition) is 6. The van der Waals surface area contributed by atoms with Gasteiger partial charge in [0.1, 0.15) is 5.82 Å². The lowest BCUT2D eigenvalue weighted by atomic mass is 9.82. The second-order valence-corrected chi connectivity index (χ2v) is 9.99. The molecule has 1 aromatic heterocycles. The molecule has 4 rings (SSSR count). The Balaban J connectivity index is 1.54. The van der Waals surface area contributed by atoms with Crippen LogP contribution < -0.4 is 10.1 Å². The molecule has 1 fully saturated rings. The molecule has 1 amide bonds. The first-order valence-corrected chi connectivity index (χ1v) is 12.6. The van der Waals surface area contributed by atoms with Gasteiger partial charge >= 0.3 is 6.01 Å². The predicted octanol–water partition coefficient (Wildman–Crippen LogP) is 5.25. The maximum absolute atomic E-state index is 13.3. The largest absolute Gasteiger partial charge is 0.467 e. The summed E-state index contributed by atoms with van der Waals surface area (Å²) >= 11 is 12.3. The summed E-state index contributed by atoms with van der Waals surface area (Å²) in [5, 5.41) is 4.58. The molecule has 7 nitrogen and oxygen atoms in total. The fraction of sp³-hybridized carbons (Fsp3) is 0.370. The van der Waals surface area contributed by atoms with Crippen LogP contribution in [-0.4, -0.2) is 60.7 Å². The zero-order valence-electron chi connectivity index (χ0n) is 20.7. The normalized spacial score (nSPS) is 14.0. The number of aromatic nitrogens is 2.